The third-order valence-corrected chi connectivity index (χ3v) is 5.40. The molecule has 0 unspecified atom stereocenters. The third-order valence-electron chi connectivity index (χ3n) is 3.78. The van der Waals surface area contributed by atoms with Crippen LogP contribution in [0.5, 0.6) is 0 Å². The highest BCUT2D eigenvalue weighted by Crippen LogP contribution is 2.13. The van der Waals surface area contributed by atoms with E-state index in [2.05, 4.69) is 4.72 Å². The van der Waals surface area contributed by atoms with Gasteiger partial charge >= 0.3 is 5.97 Å². The SMILES string of the molecule is O=C(O)[C@@H](Cc1ccccc1)NS(=O)(=O)N1CCCCCC1. The van der Waals surface area contributed by atoms with Gasteiger partial charge < -0.3 is 5.11 Å². The summed E-state index contributed by atoms with van der Waals surface area (Å²) in [7, 11) is -3.77. The molecule has 1 aliphatic rings. The summed E-state index contributed by atoms with van der Waals surface area (Å²) >= 11 is 0. The number of aliphatic carboxylic acids is 1. The van der Waals surface area contributed by atoms with Gasteiger partial charge in [0.25, 0.3) is 10.2 Å². The predicted octanol–water partition coefficient (Wildman–Crippen LogP) is 1.39. The van der Waals surface area contributed by atoms with E-state index in [9.17, 15) is 18.3 Å². The van der Waals surface area contributed by atoms with Crippen molar-refractivity contribution in [2.75, 3.05) is 13.1 Å². The van der Waals surface area contributed by atoms with E-state index in [1.165, 1.54) is 4.31 Å². The molecule has 6 nitrogen and oxygen atoms in total. The number of nitrogens with one attached hydrogen (secondary N) is 1. The molecular weight excluding hydrogens is 304 g/mol. The van der Waals surface area contributed by atoms with Gasteiger partial charge in [0.05, 0.1) is 0 Å². The zero-order valence-electron chi connectivity index (χ0n) is 12.4. The molecule has 1 saturated heterocycles. The van der Waals surface area contributed by atoms with E-state index in [-0.39, 0.29) is 6.42 Å². The van der Waals surface area contributed by atoms with E-state index < -0.39 is 22.2 Å². The zero-order chi connectivity index (χ0) is 16.0. The van der Waals surface area contributed by atoms with E-state index in [0.29, 0.717) is 13.1 Å². The van der Waals surface area contributed by atoms with Crippen LogP contribution in [0.2, 0.25) is 0 Å². The molecule has 0 amide bonds. The lowest BCUT2D eigenvalue weighted by Gasteiger charge is -2.23. The summed E-state index contributed by atoms with van der Waals surface area (Å²) in [6.07, 6.45) is 3.79. The number of carboxylic acids is 1. The van der Waals surface area contributed by atoms with Crippen LogP contribution in [-0.2, 0) is 21.4 Å². The first-order chi connectivity index (χ1) is 10.5. The molecule has 122 valence electrons. The first kappa shape index (κ1) is 16.9. The van der Waals surface area contributed by atoms with Crippen LogP contribution in [-0.4, -0.2) is 42.9 Å². The molecule has 0 spiro atoms. The molecule has 1 aliphatic heterocycles. The largest absolute Gasteiger partial charge is 0.480 e. The lowest BCUT2D eigenvalue weighted by atomic mass is 10.1. The summed E-state index contributed by atoms with van der Waals surface area (Å²) in [6, 6.07) is 7.86. The molecule has 0 radical (unpaired) electrons. The van der Waals surface area contributed by atoms with Crippen LogP contribution in [0.25, 0.3) is 0 Å². The van der Waals surface area contributed by atoms with Crippen molar-refractivity contribution >= 4 is 16.2 Å². The summed E-state index contributed by atoms with van der Waals surface area (Å²) in [6.45, 7) is 0.903. The first-order valence-electron chi connectivity index (χ1n) is 7.53. The van der Waals surface area contributed by atoms with Gasteiger partial charge in [-0.25, -0.2) is 0 Å². The molecule has 1 heterocycles. The Balaban J connectivity index is 2.07. The van der Waals surface area contributed by atoms with Crippen LogP contribution in [0, 0.1) is 0 Å². The maximum atomic E-state index is 12.4. The van der Waals surface area contributed by atoms with E-state index in [1.807, 2.05) is 6.07 Å². The van der Waals surface area contributed by atoms with Gasteiger partial charge in [-0.05, 0) is 24.8 Å². The number of carbonyl (C=O) groups is 1. The van der Waals surface area contributed by atoms with E-state index in [4.69, 9.17) is 0 Å². The molecule has 0 aliphatic carbocycles. The molecule has 2 N–H and O–H groups in total. The second-order valence-electron chi connectivity index (χ2n) is 5.52. The highest BCUT2D eigenvalue weighted by Gasteiger charge is 2.29. The molecule has 1 aromatic carbocycles. The minimum absolute atomic E-state index is 0.128. The molecular formula is C15H22N2O4S. The number of rotatable bonds is 6. The molecule has 2 rings (SSSR count). The molecule has 22 heavy (non-hydrogen) atoms. The van der Waals surface area contributed by atoms with E-state index >= 15 is 0 Å². The zero-order valence-corrected chi connectivity index (χ0v) is 13.3. The smallest absolute Gasteiger partial charge is 0.322 e. The lowest BCUT2D eigenvalue weighted by molar-refractivity contribution is -0.138. The Hall–Kier alpha value is -1.44. The van der Waals surface area contributed by atoms with Crippen molar-refractivity contribution in [3.63, 3.8) is 0 Å². The molecule has 0 saturated carbocycles. The summed E-state index contributed by atoms with van der Waals surface area (Å²) < 4.78 is 28.5. The quantitative estimate of drug-likeness (QED) is 0.827. The standard InChI is InChI=1S/C15H22N2O4S/c18-15(19)14(12-13-8-4-3-5-9-13)16-22(20,21)17-10-6-1-2-7-11-17/h3-5,8-9,14,16H,1-2,6-7,10-12H2,(H,18,19)/t14-/m1/s1. The minimum atomic E-state index is -3.77. The average Bonchev–Trinajstić information content (AvgIpc) is 2.77. The van der Waals surface area contributed by atoms with Crippen molar-refractivity contribution in [3.05, 3.63) is 35.9 Å². The summed E-state index contributed by atoms with van der Waals surface area (Å²) in [5.41, 5.74) is 0.786. The average molecular weight is 326 g/mol. The van der Waals surface area contributed by atoms with Crippen LogP contribution in [0.3, 0.4) is 0 Å². The number of nitrogens with zero attached hydrogens (tertiary/aromatic N) is 1. The van der Waals surface area contributed by atoms with Crippen molar-refractivity contribution in [2.45, 2.75) is 38.1 Å². The van der Waals surface area contributed by atoms with Crippen LogP contribution in [0.15, 0.2) is 30.3 Å². The minimum Gasteiger partial charge on any atom is -0.480 e. The molecule has 7 heteroatoms. The Labute approximate surface area is 131 Å². The van der Waals surface area contributed by atoms with Gasteiger partial charge in [-0.15, -0.1) is 0 Å². The molecule has 1 aromatic rings. The Morgan fingerprint density at radius 3 is 2.27 bits per heavy atom. The lowest BCUT2D eigenvalue weighted by Crippen LogP contribution is -2.49. The topological polar surface area (TPSA) is 86.7 Å². The number of benzene rings is 1. The monoisotopic (exact) mass is 326 g/mol. The Morgan fingerprint density at radius 2 is 1.73 bits per heavy atom. The maximum Gasteiger partial charge on any atom is 0.322 e. The second-order valence-corrected chi connectivity index (χ2v) is 7.22. The van der Waals surface area contributed by atoms with Crippen molar-refractivity contribution in [2.24, 2.45) is 0 Å². The van der Waals surface area contributed by atoms with Crippen molar-refractivity contribution < 1.29 is 18.3 Å². The van der Waals surface area contributed by atoms with Crippen molar-refractivity contribution in [1.82, 2.24) is 9.03 Å². The Morgan fingerprint density at radius 1 is 1.14 bits per heavy atom. The highest BCUT2D eigenvalue weighted by molar-refractivity contribution is 7.87. The van der Waals surface area contributed by atoms with Crippen molar-refractivity contribution in [3.8, 4) is 0 Å². The van der Waals surface area contributed by atoms with E-state index in [1.54, 1.807) is 24.3 Å². The van der Waals surface area contributed by atoms with Crippen LogP contribution in [0.4, 0.5) is 0 Å². The van der Waals surface area contributed by atoms with Gasteiger partial charge in [-0.3, -0.25) is 4.79 Å². The van der Waals surface area contributed by atoms with Gasteiger partial charge in [0.2, 0.25) is 0 Å². The highest BCUT2D eigenvalue weighted by atomic mass is 32.2. The third kappa shape index (κ3) is 4.79. The summed E-state index contributed by atoms with van der Waals surface area (Å²) in [4.78, 5) is 11.4. The van der Waals surface area contributed by atoms with Crippen LogP contribution in [0.1, 0.15) is 31.2 Å². The van der Waals surface area contributed by atoms with Gasteiger partial charge in [-0.2, -0.15) is 17.4 Å². The molecule has 0 bridgehead atoms. The number of carboxylic acid groups (broad SMARTS) is 1. The second kappa shape index (κ2) is 7.71. The van der Waals surface area contributed by atoms with Gasteiger partial charge in [0, 0.05) is 13.1 Å². The number of hydrogen-bond donors (Lipinski definition) is 2. The van der Waals surface area contributed by atoms with Gasteiger partial charge in [-0.1, -0.05) is 43.2 Å². The molecule has 1 fully saturated rings. The predicted molar refractivity (Wildman–Crippen MR) is 83.7 cm³/mol. The molecule has 1 atom stereocenters. The van der Waals surface area contributed by atoms with Gasteiger partial charge in [0.15, 0.2) is 0 Å². The first-order valence-corrected chi connectivity index (χ1v) is 8.97. The summed E-state index contributed by atoms with van der Waals surface area (Å²) in [5, 5.41) is 9.31. The Bertz CT molecular complexity index is 581. The fourth-order valence-electron chi connectivity index (χ4n) is 2.57. The fraction of sp³-hybridized carbons (Fsp3) is 0.533. The summed E-state index contributed by atoms with van der Waals surface area (Å²) in [5.74, 6) is -1.16. The van der Waals surface area contributed by atoms with Gasteiger partial charge in [0.1, 0.15) is 6.04 Å². The normalized spacial score (nSPS) is 18.5. The number of hydrogen-bond acceptors (Lipinski definition) is 3. The van der Waals surface area contributed by atoms with E-state index in [0.717, 1.165) is 31.2 Å². The maximum absolute atomic E-state index is 12.4. The van der Waals surface area contributed by atoms with Crippen molar-refractivity contribution in [1.29, 1.82) is 0 Å². The molecule has 0 aromatic heterocycles. The van der Waals surface area contributed by atoms with Crippen LogP contribution >= 0.6 is 0 Å². The van der Waals surface area contributed by atoms with Crippen LogP contribution < -0.4 is 4.72 Å². The Kier molecular flexibility index (Phi) is 5.93. The fourth-order valence-corrected chi connectivity index (χ4v) is 4.00.